The van der Waals surface area contributed by atoms with Gasteiger partial charge in [-0.15, -0.1) is 0 Å². The van der Waals surface area contributed by atoms with Crippen molar-refractivity contribution in [2.24, 2.45) is 5.92 Å². The van der Waals surface area contributed by atoms with Gasteiger partial charge in [0.1, 0.15) is 0 Å². The van der Waals surface area contributed by atoms with Gasteiger partial charge in [0.25, 0.3) is 0 Å². The normalized spacial score (nSPS) is 24.6. The first-order chi connectivity index (χ1) is 14.7. The molecule has 4 heterocycles. The third-order valence-electron chi connectivity index (χ3n) is 5.48. The van der Waals surface area contributed by atoms with E-state index in [4.69, 9.17) is 28.6 Å². The largest absolute Gasteiger partial charge is 0.490 e. The molecule has 0 aliphatic carbocycles. The average molecular weight is 443 g/mol. The fourth-order valence-corrected chi connectivity index (χ4v) is 4.06. The number of carboxylic acid groups (broad SMARTS) is 1. The summed E-state index contributed by atoms with van der Waals surface area (Å²) in [5.41, 5.74) is 1.05. The quantitative estimate of drug-likeness (QED) is 0.763. The van der Waals surface area contributed by atoms with E-state index in [1.165, 1.54) is 5.56 Å². The van der Waals surface area contributed by atoms with Gasteiger partial charge in [0, 0.05) is 25.6 Å². The average Bonchev–Trinajstić information content (AvgIpc) is 3.44. The molecule has 2 fully saturated rings. The van der Waals surface area contributed by atoms with Crippen molar-refractivity contribution in [2.75, 3.05) is 33.1 Å². The van der Waals surface area contributed by atoms with E-state index in [2.05, 4.69) is 27.2 Å². The van der Waals surface area contributed by atoms with Crippen LogP contribution in [0.4, 0.5) is 13.2 Å². The summed E-state index contributed by atoms with van der Waals surface area (Å²) in [6, 6.07) is 6.15. The molecule has 0 amide bonds. The van der Waals surface area contributed by atoms with Gasteiger partial charge in [-0.05, 0) is 24.6 Å². The topological polar surface area (TPSA) is 107 Å². The molecular weight excluding hydrogens is 423 g/mol. The minimum Gasteiger partial charge on any atom is -0.475 e. The van der Waals surface area contributed by atoms with Crippen molar-refractivity contribution in [1.82, 2.24) is 15.0 Å². The Kier molecular flexibility index (Phi) is 5.52. The fraction of sp³-hybridized carbons (Fsp3) is 0.526. The molecule has 2 aromatic rings. The highest BCUT2D eigenvalue weighted by atomic mass is 19.4. The number of nitrogens with zero attached hydrogens (tertiary/aromatic N) is 3. The van der Waals surface area contributed by atoms with Gasteiger partial charge < -0.3 is 23.8 Å². The van der Waals surface area contributed by atoms with E-state index in [0.29, 0.717) is 25.1 Å². The third kappa shape index (κ3) is 4.30. The maximum atomic E-state index is 10.6. The van der Waals surface area contributed by atoms with Crippen molar-refractivity contribution in [1.29, 1.82) is 0 Å². The molecule has 5 rings (SSSR count). The van der Waals surface area contributed by atoms with Crippen LogP contribution in [0, 0.1) is 12.8 Å². The number of hydrogen-bond donors (Lipinski definition) is 1. The molecule has 0 radical (unpaired) electrons. The molecule has 1 N–H and O–H groups in total. The second-order valence-electron chi connectivity index (χ2n) is 7.68. The SMILES string of the molecule is Cc1noc([C@]23COC[C@H]2CN(Cc2ccc4c(c2)OCO4)C3)n1.O=C(O)C(F)(F)F. The lowest BCUT2D eigenvalue weighted by molar-refractivity contribution is -0.192. The number of rotatable bonds is 3. The van der Waals surface area contributed by atoms with Gasteiger partial charge in [-0.1, -0.05) is 11.2 Å². The number of likely N-dealkylation sites (tertiary alicyclic amines) is 1. The maximum Gasteiger partial charge on any atom is 0.490 e. The van der Waals surface area contributed by atoms with Crippen LogP contribution >= 0.6 is 0 Å². The van der Waals surface area contributed by atoms with Crippen LogP contribution in [0.2, 0.25) is 0 Å². The van der Waals surface area contributed by atoms with Crippen LogP contribution in [0.25, 0.3) is 0 Å². The summed E-state index contributed by atoms with van der Waals surface area (Å²) in [5.74, 6) is 0.689. The number of ether oxygens (including phenoxy) is 3. The zero-order valence-corrected chi connectivity index (χ0v) is 16.5. The van der Waals surface area contributed by atoms with Crippen LogP contribution < -0.4 is 9.47 Å². The molecule has 2 atom stereocenters. The Morgan fingerprint density at radius 1 is 1.32 bits per heavy atom. The molecule has 3 aliphatic rings. The predicted octanol–water partition coefficient (Wildman–Crippen LogP) is 2.14. The first kappa shape index (κ1) is 21.4. The Balaban J connectivity index is 0.000000289. The number of fused-ring (bicyclic) bond motifs is 2. The van der Waals surface area contributed by atoms with Crippen LogP contribution in [0.1, 0.15) is 17.3 Å². The van der Waals surface area contributed by atoms with Crippen LogP contribution in [0.3, 0.4) is 0 Å². The summed E-state index contributed by atoms with van der Waals surface area (Å²) in [5, 5.41) is 11.1. The van der Waals surface area contributed by atoms with Crippen molar-refractivity contribution >= 4 is 5.97 Å². The molecule has 12 heteroatoms. The Labute approximate surface area is 174 Å². The number of alkyl halides is 3. The number of aromatic nitrogens is 2. The van der Waals surface area contributed by atoms with Crippen LogP contribution in [-0.2, 0) is 21.5 Å². The lowest BCUT2D eigenvalue weighted by Gasteiger charge is -2.22. The van der Waals surface area contributed by atoms with E-state index in [1.807, 2.05) is 13.0 Å². The van der Waals surface area contributed by atoms with Gasteiger partial charge >= 0.3 is 12.1 Å². The number of carbonyl (C=O) groups is 1. The molecular formula is C19H20F3N3O6. The zero-order chi connectivity index (χ0) is 22.2. The number of hydrogen-bond acceptors (Lipinski definition) is 8. The second-order valence-corrected chi connectivity index (χ2v) is 7.68. The Morgan fingerprint density at radius 3 is 2.74 bits per heavy atom. The fourth-order valence-electron chi connectivity index (χ4n) is 4.06. The van der Waals surface area contributed by atoms with E-state index in [9.17, 15) is 13.2 Å². The van der Waals surface area contributed by atoms with Crippen molar-refractivity contribution in [3.8, 4) is 11.5 Å². The lowest BCUT2D eigenvalue weighted by Crippen LogP contribution is -2.35. The van der Waals surface area contributed by atoms with E-state index in [1.54, 1.807) is 0 Å². The zero-order valence-electron chi connectivity index (χ0n) is 16.5. The summed E-state index contributed by atoms with van der Waals surface area (Å²) < 4.78 is 53.8. The van der Waals surface area contributed by atoms with Gasteiger partial charge in [-0.2, -0.15) is 18.2 Å². The monoisotopic (exact) mass is 443 g/mol. The van der Waals surface area contributed by atoms with Crippen molar-refractivity contribution in [2.45, 2.75) is 25.1 Å². The number of aryl methyl sites for hydroxylation is 1. The Hall–Kier alpha value is -2.86. The summed E-state index contributed by atoms with van der Waals surface area (Å²) in [7, 11) is 0. The molecule has 9 nitrogen and oxygen atoms in total. The highest BCUT2D eigenvalue weighted by Crippen LogP contribution is 2.44. The first-order valence-electron chi connectivity index (χ1n) is 9.47. The highest BCUT2D eigenvalue weighted by Gasteiger charge is 2.55. The smallest absolute Gasteiger partial charge is 0.475 e. The molecule has 2 saturated heterocycles. The highest BCUT2D eigenvalue weighted by molar-refractivity contribution is 5.73. The number of carboxylic acids is 1. The molecule has 1 aromatic carbocycles. The van der Waals surface area contributed by atoms with E-state index >= 15 is 0 Å². The van der Waals surface area contributed by atoms with Gasteiger partial charge in [-0.3, -0.25) is 4.90 Å². The van der Waals surface area contributed by atoms with Crippen LogP contribution in [0.15, 0.2) is 22.7 Å². The van der Waals surface area contributed by atoms with E-state index < -0.39 is 12.1 Å². The molecule has 0 unspecified atom stereocenters. The molecule has 1 aromatic heterocycles. The summed E-state index contributed by atoms with van der Waals surface area (Å²) in [6.45, 7) is 6.26. The number of benzene rings is 1. The minimum atomic E-state index is -5.08. The standard InChI is InChI=1S/C17H19N3O4.C2HF3O2/c1-11-18-16(24-19-11)17-8-20(6-13(17)7-21-9-17)5-12-2-3-14-15(4-12)23-10-22-14;3-2(4,5)1(6)7/h2-4,13H,5-10H2,1H3;(H,6,7)/t13-,17-;/m1./s1. The Morgan fingerprint density at radius 2 is 2.06 bits per heavy atom. The lowest BCUT2D eigenvalue weighted by atomic mass is 9.81. The van der Waals surface area contributed by atoms with Crippen molar-refractivity contribution in [3.63, 3.8) is 0 Å². The molecule has 3 aliphatic heterocycles. The van der Waals surface area contributed by atoms with Crippen LogP contribution in [-0.4, -0.2) is 65.4 Å². The number of halogens is 3. The maximum absolute atomic E-state index is 10.6. The van der Waals surface area contributed by atoms with Gasteiger partial charge in [-0.25, -0.2) is 4.79 Å². The van der Waals surface area contributed by atoms with Crippen molar-refractivity contribution in [3.05, 3.63) is 35.5 Å². The van der Waals surface area contributed by atoms with Gasteiger partial charge in [0.2, 0.25) is 12.7 Å². The Bertz CT molecular complexity index is 966. The molecule has 0 saturated carbocycles. The number of aliphatic carboxylic acids is 1. The predicted molar refractivity (Wildman–Crippen MR) is 96.6 cm³/mol. The van der Waals surface area contributed by atoms with Crippen LogP contribution in [0.5, 0.6) is 11.5 Å². The van der Waals surface area contributed by atoms with Crippen molar-refractivity contribution < 1.29 is 41.8 Å². The van der Waals surface area contributed by atoms with E-state index in [-0.39, 0.29) is 5.41 Å². The second kappa shape index (κ2) is 8.00. The molecule has 0 bridgehead atoms. The molecule has 31 heavy (non-hydrogen) atoms. The van der Waals surface area contributed by atoms with Gasteiger partial charge in [0.05, 0.1) is 18.6 Å². The summed E-state index contributed by atoms with van der Waals surface area (Å²) >= 11 is 0. The molecule has 0 spiro atoms. The first-order valence-corrected chi connectivity index (χ1v) is 9.47. The summed E-state index contributed by atoms with van der Waals surface area (Å²) in [6.07, 6.45) is -5.08. The van der Waals surface area contributed by atoms with Gasteiger partial charge in [0.15, 0.2) is 17.3 Å². The molecule has 168 valence electrons. The third-order valence-corrected chi connectivity index (χ3v) is 5.48. The van der Waals surface area contributed by atoms with E-state index in [0.717, 1.165) is 43.6 Å². The summed E-state index contributed by atoms with van der Waals surface area (Å²) in [4.78, 5) is 15.8. The minimum absolute atomic E-state index is 0.169.